The number of amides is 1. The summed E-state index contributed by atoms with van der Waals surface area (Å²) in [6, 6.07) is 14.2. The van der Waals surface area contributed by atoms with Crippen LogP contribution in [0.15, 0.2) is 54.9 Å². The molecule has 2 aromatic carbocycles. The first-order valence-electron chi connectivity index (χ1n) is 8.41. The maximum absolute atomic E-state index is 12.2. The third-order valence-corrected chi connectivity index (χ3v) is 3.98. The molecule has 0 saturated carbocycles. The van der Waals surface area contributed by atoms with Crippen LogP contribution in [-0.2, 0) is 0 Å². The van der Waals surface area contributed by atoms with E-state index < -0.39 is 10.8 Å². The summed E-state index contributed by atoms with van der Waals surface area (Å²) in [6.07, 6.45) is 1.18. The number of nitro groups is 1. The second-order valence-corrected chi connectivity index (χ2v) is 6.07. The zero-order valence-corrected chi connectivity index (χ0v) is 15.3. The van der Waals surface area contributed by atoms with Gasteiger partial charge in [-0.15, -0.1) is 0 Å². The monoisotopic (exact) mass is 378 g/mol. The summed E-state index contributed by atoms with van der Waals surface area (Å²) in [5.74, 6) is -0.556. The molecule has 0 radical (unpaired) electrons. The average molecular weight is 378 g/mol. The molecule has 3 aromatic rings. The van der Waals surface area contributed by atoms with Gasteiger partial charge in [-0.05, 0) is 43.2 Å². The number of rotatable bonds is 6. The first kappa shape index (κ1) is 18.8. The zero-order valence-electron chi connectivity index (χ0n) is 15.3. The Hall–Kier alpha value is -4.01. The van der Waals surface area contributed by atoms with Crippen molar-refractivity contribution in [3.05, 3.63) is 81.7 Å². The lowest BCUT2D eigenvalue weighted by Crippen LogP contribution is -2.30. The van der Waals surface area contributed by atoms with E-state index in [1.54, 1.807) is 30.3 Å². The van der Waals surface area contributed by atoms with Crippen LogP contribution in [0, 0.1) is 24.0 Å². The highest BCUT2D eigenvalue weighted by Gasteiger charge is 2.24. The van der Waals surface area contributed by atoms with Crippen molar-refractivity contribution in [1.82, 2.24) is 15.4 Å². The molecule has 0 unspecified atom stereocenters. The number of hydrazine groups is 1. The molecule has 0 spiro atoms. The Labute approximate surface area is 161 Å². The molecule has 0 aliphatic rings. The van der Waals surface area contributed by atoms with Crippen LogP contribution in [-0.4, -0.2) is 20.8 Å². The minimum absolute atomic E-state index is 0.0187. The van der Waals surface area contributed by atoms with Gasteiger partial charge < -0.3 is 5.32 Å². The Morgan fingerprint density at radius 2 is 1.75 bits per heavy atom. The molecule has 0 bridgehead atoms. The number of carbonyl (C=O) groups is 1. The van der Waals surface area contributed by atoms with Crippen molar-refractivity contribution in [2.24, 2.45) is 0 Å². The number of hydrogen-bond acceptors (Lipinski definition) is 7. The van der Waals surface area contributed by atoms with E-state index in [1.807, 2.05) is 32.0 Å². The van der Waals surface area contributed by atoms with E-state index in [9.17, 15) is 14.9 Å². The van der Waals surface area contributed by atoms with Gasteiger partial charge in [-0.1, -0.05) is 30.3 Å². The molecule has 1 aromatic heterocycles. The average Bonchev–Trinajstić information content (AvgIpc) is 2.69. The van der Waals surface area contributed by atoms with E-state index >= 15 is 0 Å². The largest absolute Gasteiger partial charge is 0.355 e. The SMILES string of the molecule is Cc1ccc(C)c(Nc2ncnc(NNC(=O)c3ccccc3)c2[N+](=O)[O-])c1. The van der Waals surface area contributed by atoms with Gasteiger partial charge in [-0.2, -0.15) is 0 Å². The summed E-state index contributed by atoms with van der Waals surface area (Å²) in [5.41, 5.74) is 7.55. The lowest BCUT2D eigenvalue weighted by Gasteiger charge is -2.12. The fourth-order valence-corrected chi connectivity index (χ4v) is 2.51. The quantitative estimate of drug-likeness (QED) is 0.443. The Morgan fingerprint density at radius 1 is 1.04 bits per heavy atom. The zero-order chi connectivity index (χ0) is 20.1. The number of carbonyl (C=O) groups excluding carboxylic acids is 1. The van der Waals surface area contributed by atoms with E-state index in [-0.39, 0.29) is 17.3 Å². The van der Waals surface area contributed by atoms with Crippen LogP contribution in [0.2, 0.25) is 0 Å². The number of anilines is 3. The summed E-state index contributed by atoms with van der Waals surface area (Å²) in [7, 11) is 0. The molecule has 0 saturated heterocycles. The summed E-state index contributed by atoms with van der Waals surface area (Å²) >= 11 is 0. The molecule has 0 fully saturated rings. The van der Waals surface area contributed by atoms with Crippen LogP contribution in [0.25, 0.3) is 0 Å². The highest BCUT2D eigenvalue weighted by Crippen LogP contribution is 2.31. The molecule has 9 nitrogen and oxygen atoms in total. The van der Waals surface area contributed by atoms with Crippen molar-refractivity contribution in [3.63, 3.8) is 0 Å². The van der Waals surface area contributed by atoms with Crippen LogP contribution in [0.1, 0.15) is 21.5 Å². The molecular weight excluding hydrogens is 360 g/mol. The van der Waals surface area contributed by atoms with Crippen molar-refractivity contribution in [1.29, 1.82) is 0 Å². The molecule has 0 aliphatic heterocycles. The minimum Gasteiger partial charge on any atom is -0.334 e. The van der Waals surface area contributed by atoms with Gasteiger partial charge in [0.05, 0.1) is 4.92 Å². The molecule has 0 aliphatic carbocycles. The van der Waals surface area contributed by atoms with Gasteiger partial charge in [-0.25, -0.2) is 9.97 Å². The Balaban J connectivity index is 1.86. The van der Waals surface area contributed by atoms with E-state index in [1.165, 1.54) is 6.33 Å². The van der Waals surface area contributed by atoms with Crippen molar-refractivity contribution in [2.75, 3.05) is 10.7 Å². The normalized spacial score (nSPS) is 10.2. The van der Waals surface area contributed by atoms with Crippen LogP contribution in [0.4, 0.5) is 23.0 Å². The smallest absolute Gasteiger partial charge is 0.334 e. The highest BCUT2D eigenvalue weighted by molar-refractivity contribution is 5.95. The van der Waals surface area contributed by atoms with Crippen LogP contribution < -0.4 is 16.2 Å². The topological polar surface area (TPSA) is 122 Å². The van der Waals surface area contributed by atoms with Crippen molar-refractivity contribution >= 4 is 28.9 Å². The van der Waals surface area contributed by atoms with E-state index in [0.29, 0.717) is 11.3 Å². The number of nitrogens with zero attached hydrogens (tertiary/aromatic N) is 3. The predicted octanol–water partition coefficient (Wildman–Crippen LogP) is 3.50. The van der Waals surface area contributed by atoms with Crippen LogP contribution in [0.5, 0.6) is 0 Å². The van der Waals surface area contributed by atoms with Gasteiger partial charge in [0.25, 0.3) is 5.91 Å². The molecule has 1 amide bonds. The van der Waals surface area contributed by atoms with Crippen molar-refractivity contribution < 1.29 is 9.72 Å². The van der Waals surface area contributed by atoms with Gasteiger partial charge >= 0.3 is 5.69 Å². The third-order valence-electron chi connectivity index (χ3n) is 3.98. The maximum Gasteiger partial charge on any atom is 0.355 e. The van der Waals surface area contributed by atoms with Gasteiger partial charge in [0.1, 0.15) is 6.33 Å². The van der Waals surface area contributed by atoms with E-state index in [0.717, 1.165) is 11.1 Å². The molecule has 3 rings (SSSR count). The van der Waals surface area contributed by atoms with Crippen molar-refractivity contribution in [2.45, 2.75) is 13.8 Å². The van der Waals surface area contributed by atoms with Crippen LogP contribution >= 0.6 is 0 Å². The number of hydrogen-bond donors (Lipinski definition) is 3. The first-order chi connectivity index (χ1) is 13.5. The second-order valence-electron chi connectivity index (χ2n) is 6.07. The number of benzene rings is 2. The van der Waals surface area contributed by atoms with Gasteiger partial charge in [0.2, 0.25) is 11.6 Å². The van der Waals surface area contributed by atoms with Gasteiger partial charge in [0, 0.05) is 11.3 Å². The second kappa shape index (κ2) is 8.12. The summed E-state index contributed by atoms with van der Waals surface area (Å²) in [5, 5.41) is 14.6. The highest BCUT2D eigenvalue weighted by atomic mass is 16.6. The van der Waals surface area contributed by atoms with E-state index in [4.69, 9.17) is 0 Å². The molecule has 9 heteroatoms. The maximum atomic E-state index is 12.2. The summed E-state index contributed by atoms with van der Waals surface area (Å²) in [6.45, 7) is 3.80. The Kier molecular flexibility index (Phi) is 5.45. The number of aryl methyl sites for hydroxylation is 2. The fourth-order valence-electron chi connectivity index (χ4n) is 2.51. The standard InChI is InChI=1S/C19H18N6O3/c1-12-8-9-13(2)15(10-12)22-17-16(25(27)28)18(21-11-20-17)23-24-19(26)14-6-4-3-5-7-14/h3-11H,1-2H3,(H,24,26)(H2,20,21,22,23). The molecule has 0 atom stereocenters. The Morgan fingerprint density at radius 3 is 2.46 bits per heavy atom. The summed E-state index contributed by atoms with van der Waals surface area (Å²) in [4.78, 5) is 31.1. The van der Waals surface area contributed by atoms with Crippen LogP contribution in [0.3, 0.4) is 0 Å². The molecule has 1 heterocycles. The lowest BCUT2D eigenvalue weighted by atomic mass is 10.1. The molecule has 28 heavy (non-hydrogen) atoms. The third kappa shape index (κ3) is 4.21. The predicted molar refractivity (Wildman–Crippen MR) is 105 cm³/mol. The Bertz CT molecular complexity index is 1020. The summed E-state index contributed by atoms with van der Waals surface area (Å²) < 4.78 is 0. The number of nitrogens with one attached hydrogen (secondary N) is 3. The molecule has 3 N–H and O–H groups in total. The van der Waals surface area contributed by atoms with Crippen molar-refractivity contribution in [3.8, 4) is 0 Å². The van der Waals surface area contributed by atoms with E-state index in [2.05, 4.69) is 26.1 Å². The fraction of sp³-hybridized carbons (Fsp3) is 0.105. The van der Waals surface area contributed by atoms with Gasteiger partial charge in [-0.3, -0.25) is 25.8 Å². The number of aromatic nitrogens is 2. The lowest BCUT2D eigenvalue weighted by molar-refractivity contribution is -0.383. The first-order valence-corrected chi connectivity index (χ1v) is 8.41. The molecule has 142 valence electrons. The van der Waals surface area contributed by atoms with Gasteiger partial charge in [0.15, 0.2) is 0 Å². The minimum atomic E-state index is -0.607. The molecular formula is C19H18N6O3.